The number of hydrogen-bond donors (Lipinski definition) is 2. The molecule has 14 heavy (non-hydrogen) atoms. The van der Waals surface area contributed by atoms with Crippen LogP contribution in [0.1, 0.15) is 0 Å². The molecule has 0 aliphatic heterocycles. The Balaban J connectivity index is 0.000000241. The van der Waals surface area contributed by atoms with Crippen LogP contribution in [-0.2, 0) is 4.79 Å². The topological polar surface area (TPSA) is 89.1 Å². The SMILES string of the molecule is Nc1ncccn1.O=C(O)C(F)(F)F. The van der Waals surface area contributed by atoms with Crippen molar-refractivity contribution >= 4 is 11.9 Å². The number of nitrogens with zero attached hydrogens (tertiary/aromatic N) is 2. The second kappa shape index (κ2) is 5.00. The van der Waals surface area contributed by atoms with Gasteiger partial charge in [0.2, 0.25) is 5.95 Å². The van der Waals surface area contributed by atoms with E-state index in [0.29, 0.717) is 5.95 Å². The minimum absolute atomic E-state index is 0.322. The number of anilines is 1. The van der Waals surface area contributed by atoms with E-state index >= 15 is 0 Å². The van der Waals surface area contributed by atoms with Crippen LogP contribution in [0.25, 0.3) is 0 Å². The summed E-state index contributed by atoms with van der Waals surface area (Å²) < 4.78 is 31.7. The van der Waals surface area contributed by atoms with Crippen molar-refractivity contribution in [3.05, 3.63) is 18.5 Å². The van der Waals surface area contributed by atoms with E-state index in [1.807, 2.05) is 0 Å². The molecule has 0 radical (unpaired) electrons. The van der Waals surface area contributed by atoms with E-state index in [2.05, 4.69) is 9.97 Å². The van der Waals surface area contributed by atoms with Crippen LogP contribution in [0.3, 0.4) is 0 Å². The highest BCUT2D eigenvalue weighted by Gasteiger charge is 2.38. The fourth-order valence-corrected chi connectivity index (χ4v) is 0.311. The Hall–Kier alpha value is -1.86. The standard InChI is InChI=1S/C4H5N3.C2HF3O2/c5-4-6-2-1-3-7-4;3-2(4,5)1(6)7/h1-3H,(H2,5,6,7);(H,6,7). The lowest BCUT2D eigenvalue weighted by Gasteiger charge is -1.93. The average molecular weight is 209 g/mol. The summed E-state index contributed by atoms with van der Waals surface area (Å²) in [6, 6.07) is 1.72. The molecule has 0 spiro atoms. The molecule has 78 valence electrons. The fraction of sp³-hybridized carbons (Fsp3) is 0.167. The quantitative estimate of drug-likeness (QED) is 0.656. The first-order chi connectivity index (χ1) is 6.34. The van der Waals surface area contributed by atoms with Gasteiger partial charge in [0.1, 0.15) is 0 Å². The van der Waals surface area contributed by atoms with Crippen LogP contribution < -0.4 is 5.73 Å². The Morgan fingerprint density at radius 2 is 1.71 bits per heavy atom. The maximum atomic E-state index is 10.6. The van der Waals surface area contributed by atoms with Gasteiger partial charge in [0.15, 0.2) is 0 Å². The van der Waals surface area contributed by atoms with Crippen LogP contribution >= 0.6 is 0 Å². The van der Waals surface area contributed by atoms with Crippen molar-refractivity contribution in [1.29, 1.82) is 0 Å². The molecule has 3 N–H and O–H groups in total. The molecule has 8 heteroatoms. The number of aliphatic carboxylic acids is 1. The zero-order valence-corrected chi connectivity index (χ0v) is 6.69. The van der Waals surface area contributed by atoms with Gasteiger partial charge in [0.25, 0.3) is 0 Å². The van der Waals surface area contributed by atoms with E-state index in [9.17, 15) is 13.2 Å². The van der Waals surface area contributed by atoms with Gasteiger partial charge in [-0.15, -0.1) is 0 Å². The summed E-state index contributed by atoms with van der Waals surface area (Å²) in [6.07, 6.45) is -1.88. The molecule has 0 fully saturated rings. The second-order valence-electron chi connectivity index (χ2n) is 1.91. The monoisotopic (exact) mass is 209 g/mol. The number of nitrogen functional groups attached to an aromatic ring is 1. The van der Waals surface area contributed by atoms with Crippen molar-refractivity contribution in [2.24, 2.45) is 0 Å². The predicted molar refractivity (Wildman–Crippen MR) is 40.1 cm³/mol. The van der Waals surface area contributed by atoms with E-state index in [0.717, 1.165) is 0 Å². The number of aromatic nitrogens is 2. The highest BCUT2D eigenvalue weighted by atomic mass is 19.4. The average Bonchev–Trinajstić information content (AvgIpc) is 2.04. The van der Waals surface area contributed by atoms with Crippen LogP contribution in [0.2, 0.25) is 0 Å². The lowest BCUT2D eigenvalue weighted by atomic mass is 10.7. The van der Waals surface area contributed by atoms with Gasteiger partial charge in [-0.25, -0.2) is 14.8 Å². The molecule has 1 rings (SSSR count). The zero-order valence-electron chi connectivity index (χ0n) is 6.69. The lowest BCUT2D eigenvalue weighted by Crippen LogP contribution is -2.21. The van der Waals surface area contributed by atoms with Crippen molar-refractivity contribution in [3.63, 3.8) is 0 Å². The smallest absolute Gasteiger partial charge is 0.475 e. The van der Waals surface area contributed by atoms with Crippen LogP contribution in [0.4, 0.5) is 19.1 Å². The van der Waals surface area contributed by atoms with E-state index in [-0.39, 0.29) is 0 Å². The maximum absolute atomic E-state index is 10.6. The molecule has 1 aromatic rings. The number of carboxylic acid groups (broad SMARTS) is 1. The van der Waals surface area contributed by atoms with Gasteiger partial charge < -0.3 is 10.8 Å². The maximum Gasteiger partial charge on any atom is 0.490 e. The molecular weight excluding hydrogens is 203 g/mol. The number of carbonyl (C=O) groups is 1. The van der Waals surface area contributed by atoms with Crippen molar-refractivity contribution in [2.45, 2.75) is 6.18 Å². The van der Waals surface area contributed by atoms with Gasteiger partial charge in [0, 0.05) is 12.4 Å². The van der Waals surface area contributed by atoms with Gasteiger partial charge >= 0.3 is 12.1 Å². The van der Waals surface area contributed by atoms with Gasteiger partial charge in [-0.05, 0) is 6.07 Å². The third kappa shape index (κ3) is 5.75. The molecule has 0 saturated carbocycles. The normalized spacial score (nSPS) is 9.93. The largest absolute Gasteiger partial charge is 0.490 e. The highest BCUT2D eigenvalue weighted by molar-refractivity contribution is 5.73. The number of rotatable bonds is 0. The lowest BCUT2D eigenvalue weighted by molar-refractivity contribution is -0.192. The van der Waals surface area contributed by atoms with Crippen LogP contribution in [0, 0.1) is 0 Å². The molecule has 0 aliphatic carbocycles. The number of hydrogen-bond acceptors (Lipinski definition) is 4. The van der Waals surface area contributed by atoms with Gasteiger partial charge in [0.05, 0.1) is 0 Å². The van der Waals surface area contributed by atoms with E-state index in [1.165, 1.54) is 0 Å². The molecule has 0 saturated heterocycles. The fourth-order valence-electron chi connectivity index (χ4n) is 0.311. The van der Waals surface area contributed by atoms with E-state index in [4.69, 9.17) is 15.6 Å². The minimum atomic E-state index is -5.08. The Morgan fingerprint density at radius 3 is 1.86 bits per heavy atom. The molecule has 0 atom stereocenters. The molecule has 5 nitrogen and oxygen atoms in total. The summed E-state index contributed by atoms with van der Waals surface area (Å²) in [6.45, 7) is 0. The first-order valence-corrected chi connectivity index (χ1v) is 3.16. The Kier molecular flexibility index (Phi) is 4.33. The van der Waals surface area contributed by atoms with Crippen molar-refractivity contribution in [1.82, 2.24) is 9.97 Å². The predicted octanol–water partition coefficient (Wildman–Crippen LogP) is 0.692. The number of nitrogens with two attached hydrogens (primary N) is 1. The molecule has 1 aromatic heterocycles. The molecule has 0 aliphatic rings. The summed E-state index contributed by atoms with van der Waals surface area (Å²) in [5.41, 5.74) is 5.14. The molecular formula is C6H6F3N3O2. The van der Waals surface area contributed by atoms with Crippen LogP contribution in [0.15, 0.2) is 18.5 Å². The molecule has 0 bridgehead atoms. The summed E-state index contributed by atoms with van der Waals surface area (Å²) in [5.74, 6) is -2.44. The van der Waals surface area contributed by atoms with E-state index < -0.39 is 12.1 Å². The Bertz CT molecular complexity index is 288. The second-order valence-corrected chi connectivity index (χ2v) is 1.91. The third-order valence-corrected chi connectivity index (χ3v) is 0.828. The number of alkyl halides is 3. The minimum Gasteiger partial charge on any atom is -0.475 e. The molecule has 0 amide bonds. The van der Waals surface area contributed by atoms with Crippen molar-refractivity contribution < 1.29 is 23.1 Å². The van der Waals surface area contributed by atoms with Crippen molar-refractivity contribution in [3.8, 4) is 0 Å². The van der Waals surface area contributed by atoms with Crippen LogP contribution in [0.5, 0.6) is 0 Å². The van der Waals surface area contributed by atoms with Gasteiger partial charge in [-0.2, -0.15) is 13.2 Å². The van der Waals surface area contributed by atoms with Crippen molar-refractivity contribution in [2.75, 3.05) is 5.73 Å². The first-order valence-electron chi connectivity index (χ1n) is 3.16. The summed E-state index contributed by atoms with van der Waals surface area (Å²) in [5, 5.41) is 7.12. The highest BCUT2D eigenvalue weighted by Crippen LogP contribution is 2.13. The summed E-state index contributed by atoms with van der Waals surface area (Å²) in [4.78, 5) is 16.2. The Labute approximate surface area is 76.4 Å². The summed E-state index contributed by atoms with van der Waals surface area (Å²) >= 11 is 0. The first kappa shape index (κ1) is 12.1. The zero-order chi connectivity index (χ0) is 11.2. The summed E-state index contributed by atoms with van der Waals surface area (Å²) in [7, 11) is 0. The number of carboxylic acids is 1. The Morgan fingerprint density at radius 1 is 1.36 bits per heavy atom. The molecule has 0 aromatic carbocycles. The van der Waals surface area contributed by atoms with Crippen LogP contribution in [-0.4, -0.2) is 27.2 Å². The van der Waals surface area contributed by atoms with Gasteiger partial charge in [-0.3, -0.25) is 0 Å². The molecule has 0 unspecified atom stereocenters. The van der Waals surface area contributed by atoms with Gasteiger partial charge in [-0.1, -0.05) is 0 Å². The molecule has 1 heterocycles. The third-order valence-electron chi connectivity index (χ3n) is 0.828. The number of halogens is 3. The van der Waals surface area contributed by atoms with E-state index in [1.54, 1.807) is 18.5 Å².